The molecule has 12 unspecified atom stereocenters. The maximum absolute atomic E-state index is 2.96. The van der Waals surface area contributed by atoms with E-state index in [0.717, 1.165) is 0 Å². The van der Waals surface area contributed by atoms with E-state index in [1.54, 1.807) is 16.7 Å². The van der Waals surface area contributed by atoms with E-state index in [9.17, 15) is 0 Å². The van der Waals surface area contributed by atoms with Gasteiger partial charge in [0.25, 0.3) is 0 Å². The summed E-state index contributed by atoms with van der Waals surface area (Å²) in [6, 6.07) is 8.39. The van der Waals surface area contributed by atoms with Crippen molar-refractivity contribution in [2.45, 2.75) is 56.6 Å². The van der Waals surface area contributed by atoms with Crippen molar-refractivity contribution in [1.29, 1.82) is 0 Å². The molecule has 1 aromatic carbocycles. The van der Waals surface area contributed by atoms with Crippen molar-refractivity contribution in [3.8, 4) is 0 Å². The van der Waals surface area contributed by atoms with Gasteiger partial charge in [0.2, 0.25) is 37.0 Å². The Morgan fingerprint density at radius 3 is 0.778 bits per heavy atom. The van der Waals surface area contributed by atoms with Crippen LogP contribution in [0.2, 0.25) is 0 Å². The van der Waals surface area contributed by atoms with Crippen molar-refractivity contribution in [2.24, 2.45) is 0 Å². The largest absolute Gasteiger partial charge is 0.303 e. The summed E-state index contributed by atoms with van der Waals surface area (Å²) in [6.07, 6.45) is 4.12. The zero-order valence-electron chi connectivity index (χ0n) is 34.2. The molecule has 0 bridgehead atoms. The minimum atomic E-state index is 0.677. The lowest BCUT2D eigenvalue weighted by atomic mass is 9.98. The molecule has 0 aromatic heterocycles. The Balaban J connectivity index is 0.885. The van der Waals surface area contributed by atoms with Crippen LogP contribution in [0.1, 0.15) is 16.7 Å². The van der Waals surface area contributed by atoms with Crippen LogP contribution in [0.25, 0.3) is 0 Å². The number of quaternary nitrogens is 6. The van der Waals surface area contributed by atoms with E-state index in [1.165, 1.54) is 204 Å². The van der Waals surface area contributed by atoms with Crippen LogP contribution in [0, 0.1) is 0 Å². The van der Waals surface area contributed by atoms with Crippen molar-refractivity contribution in [2.75, 3.05) is 178 Å². The molecule has 0 saturated carbocycles. The number of likely N-dealkylation sites (N-methyl/N-ethyl adjacent to an activating group) is 3. The van der Waals surface area contributed by atoms with Crippen molar-refractivity contribution < 1.29 is 26.9 Å². The smallest absolute Gasteiger partial charge is 0.214 e. The Labute approximate surface area is 325 Å². The van der Waals surface area contributed by atoms with Gasteiger partial charge in [0.1, 0.15) is 19.6 Å². The number of nitrogens with zero attached hydrogens (tertiary/aromatic N) is 12. The Morgan fingerprint density at radius 1 is 0.333 bits per heavy atom. The van der Waals surface area contributed by atoms with E-state index in [0.29, 0.717) is 37.0 Å². The molecular formula is C42H72N12+6. The quantitative estimate of drug-likeness (QED) is 0.343. The molecule has 12 heterocycles. The van der Waals surface area contributed by atoms with Gasteiger partial charge >= 0.3 is 0 Å². The minimum Gasteiger partial charge on any atom is -0.303 e. The molecule has 294 valence electrons. The van der Waals surface area contributed by atoms with Crippen LogP contribution >= 0.6 is 0 Å². The van der Waals surface area contributed by atoms with Gasteiger partial charge in [-0.25, -0.2) is 29.4 Å². The average Bonchev–Trinajstić information content (AvgIpc) is 4.00. The SMILES string of the molecule is C[N+]12CCN3CC[N+]4(Cc5cc(C[N+]67CCN8CC[N+]9(C)CCN(CC6)C7C89)cc(C[N+]67CCN8CC[N+]9(C)CCN(CC6)C7C89)c5)CCN(CC1)C4C32. The van der Waals surface area contributed by atoms with Gasteiger partial charge in [0, 0.05) is 16.7 Å². The van der Waals surface area contributed by atoms with Crippen molar-refractivity contribution in [3.05, 3.63) is 34.9 Å². The Bertz CT molecular complexity index is 1540. The molecule has 12 fully saturated rings. The van der Waals surface area contributed by atoms with E-state index < -0.39 is 0 Å². The lowest BCUT2D eigenvalue weighted by Crippen LogP contribution is -2.77. The van der Waals surface area contributed by atoms with Crippen molar-refractivity contribution >= 4 is 0 Å². The Kier molecular flexibility index (Phi) is 6.90. The first-order valence-corrected chi connectivity index (χ1v) is 22.8. The molecular weight excluding hydrogens is 673 g/mol. The third-order valence-electron chi connectivity index (χ3n) is 19.6. The van der Waals surface area contributed by atoms with Crippen LogP contribution in [-0.2, 0) is 19.6 Å². The highest BCUT2D eigenvalue weighted by Crippen LogP contribution is 2.47. The van der Waals surface area contributed by atoms with E-state index in [4.69, 9.17) is 0 Å². The van der Waals surface area contributed by atoms with Gasteiger partial charge < -0.3 is 13.4 Å². The highest BCUT2D eigenvalue weighted by Gasteiger charge is 2.69. The normalized spacial score (nSPS) is 52.3. The minimum absolute atomic E-state index is 0.677. The lowest BCUT2D eigenvalue weighted by molar-refractivity contribution is -1.03. The molecule has 54 heavy (non-hydrogen) atoms. The Hall–Kier alpha value is -1.26. The van der Waals surface area contributed by atoms with Crippen LogP contribution in [0.3, 0.4) is 0 Å². The lowest BCUT2D eigenvalue weighted by Gasteiger charge is -2.56. The summed E-state index contributed by atoms with van der Waals surface area (Å²) in [6.45, 7) is 35.6. The van der Waals surface area contributed by atoms with Gasteiger partial charge in [-0.15, -0.1) is 0 Å². The number of rotatable bonds is 6. The molecule has 0 radical (unpaired) electrons. The fourth-order valence-electron chi connectivity index (χ4n) is 16.7. The summed E-state index contributed by atoms with van der Waals surface area (Å²) in [4.78, 5) is 17.6. The van der Waals surface area contributed by atoms with Crippen molar-refractivity contribution in [1.82, 2.24) is 29.4 Å². The molecule has 0 amide bonds. The maximum atomic E-state index is 2.96. The summed E-state index contributed by atoms with van der Waals surface area (Å²) in [5.41, 5.74) is 5.06. The standard InChI is InChI=1S/C42H72N12/c1-49-16-4-43-10-22-52(25-13-46(7-19-49)40(52)37(43)49)31-34-28-35(32-53-23-11-44-5-17-50(2)20-8-47(14-26-53)41(53)38(44)50)30-36(29-34)33-54-24-12-45-6-18-51(3)21-9-48(15-27-54)42(54)39(45)51/h28-30,37-42H,4-27,31-33H2,1-3H3/q+6. The molecule has 1 aromatic rings. The third-order valence-corrected chi connectivity index (χ3v) is 19.6. The summed E-state index contributed by atoms with van der Waals surface area (Å²) >= 11 is 0. The van der Waals surface area contributed by atoms with Crippen LogP contribution in [0.15, 0.2) is 18.2 Å². The first-order chi connectivity index (χ1) is 26.1. The molecule has 12 nitrogen and oxygen atoms in total. The van der Waals surface area contributed by atoms with Crippen LogP contribution < -0.4 is 0 Å². The van der Waals surface area contributed by atoms with Crippen LogP contribution in [-0.4, -0.2) is 272 Å². The summed E-state index contributed by atoms with van der Waals surface area (Å²) in [7, 11) is 7.83. The molecule has 0 aliphatic carbocycles. The summed E-state index contributed by atoms with van der Waals surface area (Å²) < 4.78 is 7.87. The number of benzene rings is 1. The first-order valence-electron chi connectivity index (χ1n) is 22.8. The number of hydrogen-bond donors (Lipinski definition) is 0. The molecule has 0 N–H and O–H groups in total. The second-order valence-corrected chi connectivity index (χ2v) is 22.1. The summed E-state index contributed by atoms with van der Waals surface area (Å²) in [5, 5.41) is 0. The molecule has 12 heteroatoms. The van der Waals surface area contributed by atoms with Gasteiger partial charge in [0.05, 0.1) is 178 Å². The van der Waals surface area contributed by atoms with E-state index >= 15 is 0 Å². The molecule has 12 aliphatic heterocycles. The van der Waals surface area contributed by atoms with Gasteiger partial charge in [-0.2, -0.15) is 0 Å². The zero-order valence-corrected chi connectivity index (χ0v) is 34.2. The van der Waals surface area contributed by atoms with E-state index in [1.807, 2.05) is 0 Å². The topological polar surface area (TPSA) is 19.4 Å². The monoisotopic (exact) mass is 745 g/mol. The fraction of sp³-hybridized carbons (Fsp3) is 0.857. The second kappa shape index (κ2) is 11.1. The third kappa shape index (κ3) is 4.36. The second-order valence-electron chi connectivity index (χ2n) is 22.1. The van der Waals surface area contributed by atoms with E-state index in [2.05, 4.69) is 68.7 Å². The number of hydrogen-bond acceptors (Lipinski definition) is 6. The van der Waals surface area contributed by atoms with Gasteiger partial charge in [-0.1, -0.05) is 0 Å². The zero-order chi connectivity index (χ0) is 35.9. The molecule has 12 saturated heterocycles. The predicted octanol–water partition coefficient (Wildman–Crippen LogP) is -1.09. The highest BCUT2D eigenvalue weighted by molar-refractivity contribution is 5.30. The average molecular weight is 745 g/mol. The maximum Gasteiger partial charge on any atom is 0.214 e. The molecule has 13 rings (SSSR count). The highest BCUT2D eigenvalue weighted by atomic mass is 15.7. The number of piperazine rings is 6. The van der Waals surface area contributed by atoms with Crippen molar-refractivity contribution in [3.63, 3.8) is 0 Å². The van der Waals surface area contributed by atoms with Gasteiger partial charge in [0.15, 0.2) is 0 Å². The van der Waals surface area contributed by atoms with Crippen LogP contribution in [0.4, 0.5) is 0 Å². The van der Waals surface area contributed by atoms with Gasteiger partial charge in [-0.05, 0) is 18.2 Å². The molecule has 0 spiro atoms. The first kappa shape index (κ1) is 33.7. The molecule has 12 aliphatic rings. The Morgan fingerprint density at radius 2 is 0.537 bits per heavy atom. The predicted molar refractivity (Wildman–Crippen MR) is 207 cm³/mol. The molecule has 12 atom stereocenters. The summed E-state index contributed by atoms with van der Waals surface area (Å²) in [5.74, 6) is 0. The van der Waals surface area contributed by atoms with E-state index in [-0.39, 0.29) is 0 Å². The fourth-order valence-corrected chi connectivity index (χ4v) is 16.7. The van der Waals surface area contributed by atoms with Gasteiger partial charge in [-0.3, -0.25) is 13.4 Å². The van der Waals surface area contributed by atoms with Crippen LogP contribution in [0.5, 0.6) is 0 Å².